The molecule has 0 fully saturated rings. The highest BCUT2D eigenvalue weighted by atomic mass is 32.1. The smallest absolute Gasteiger partial charge is 0.171 e. The minimum Gasteiger partial charge on any atom is -0.397 e. The predicted octanol–water partition coefficient (Wildman–Crippen LogP) is 1.99. The van der Waals surface area contributed by atoms with Crippen molar-refractivity contribution in [3.63, 3.8) is 0 Å². The van der Waals surface area contributed by atoms with Crippen LogP contribution in [0.1, 0.15) is 16.6 Å². The molecule has 2 N–H and O–H groups in total. The molecule has 0 saturated carbocycles. The lowest BCUT2D eigenvalue weighted by Gasteiger charge is -1.92. The Morgan fingerprint density at radius 1 is 1.53 bits per heavy atom. The van der Waals surface area contributed by atoms with E-state index in [9.17, 15) is 4.79 Å². The van der Waals surface area contributed by atoms with Crippen molar-refractivity contribution in [1.82, 2.24) is 9.97 Å². The minimum atomic E-state index is -0.0159. The van der Waals surface area contributed by atoms with Crippen molar-refractivity contribution in [2.45, 2.75) is 6.92 Å². The van der Waals surface area contributed by atoms with Gasteiger partial charge in [0, 0.05) is 13.1 Å². The molecule has 15 heavy (non-hydrogen) atoms. The van der Waals surface area contributed by atoms with E-state index >= 15 is 0 Å². The third-order valence-electron chi connectivity index (χ3n) is 1.91. The van der Waals surface area contributed by atoms with E-state index in [1.54, 1.807) is 18.3 Å². The summed E-state index contributed by atoms with van der Waals surface area (Å²) in [5.41, 5.74) is 7.03. The Morgan fingerprint density at radius 3 is 2.87 bits per heavy atom. The first kappa shape index (κ1) is 9.79. The van der Waals surface area contributed by atoms with Gasteiger partial charge in [-0.25, -0.2) is 9.97 Å². The summed E-state index contributed by atoms with van der Waals surface area (Å²) < 4.78 is 0. The van der Waals surface area contributed by atoms with Crippen LogP contribution < -0.4 is 5.73 Å². The van der Waals surface area contributed by atoms with Gasteiger partial charge in [-0.05, 0) is 12.1 Å². The molecule has 76 valence electrons. The lowest BCUT2D eigenvalue weighted by molar-refractivity contribution is 0.102. The summed E-state index contributed by atoms with van der Waals surface area (Å²) in [5, 5.41) is 0. The number of carbonyl (C=O) groups is 1. The summed E-state index contributed by atoms with van der Waals surface area (Å²) in [4.78, 5) is 20.6. The normalized spacial score (nSPS) is 10.2. The van der Waals surface area contributed by atoms with E-state index in [2.05, 4.69) is 9.97 Å². The monoisotopic (exact) mass is 219 g/mol. The Kier molecular flexibility index (Phi) is 2.47. The average molecular weight is 219 g/mol. The van der Waals surface area contributed by atoms with Crippen molar-refractivity contribution >= 4 is 22.8 Å². The fourth-order valence-corrected chi connectivity index (χ4v) is 2.19. The molecule has 0 aliphatic carbocycles. The van der Waals surface area contributed by atoms with Crippen molar-refractivity contribution in [3.05, 3.63) is 29.5 Å². The second-order valence-electron chi connectivity index (χ2n) is 3.05. The second kappa shape index (κ2) is 3.78. The van der Waals surface area contributed by atoms with Crippen LogP contribution in [-0.2, 0) is 0 Å². The van der Waals surface area contributed by atoms with Crippen LogP contribution in [0.3, 0.4) is 0 Å². The van der Waals surface area contributed by atoms with Crippen molar-refractivity contribution in [1.29, 1.82) is 0 Å². The number of aromatic nitrogens is 2. The first-order valence-electron chi connectivity index (χ1n) is 4.35. The van der Waals surface area contributed by atoms with Crippen LogP contribution in [-0.4, -0.2) is 15.8 Å². The van der Waals surface area contributed by atoms with Crippen LogP contribution in [0, 0.1) is 0 Å². The van der Waals surface area contributed by atoms with Gasteiger partial charge < -0.3 is 5.73 Å². The maximum absolute atomic E-state index is 11.2. The van der Waals surface area contributed by atoms with E-state index in [4.69, 9.17) is 5.73 Å². The number of hydrogen-bond acceptors (Lipinski definition) is 5. The Balaban J connectivity index is 2.48. The van der Waals surface area contributed by atoms with Gasteiger partial charge in [-0.1, -0.05) is 0 Å². The number of thiophene rings is 1. The highest BCUT2D eigenvalue weighted by molar-refractivity contribution is 7.18. The number of carbonyl (C=O) groups excluding carboxylic acids is 1. The molecule has 0 amide bonds. The number of hydrogen-bond donors (Lipinski definition) is 1. The largest absolute Gasteiger partial charge is 0.397 e. The SMILES string of the molecule is CC(=O)c1sc(-c2ccncn2)cc1N. The Labute approximate surface area is 90.8 Å². The number of Topliss-reactive ketones (excluding diaryl/α,β-unsaturated/α-hetero) is 1. The molecule has 0 spiro atoms. The van der Waals surface area contributed by atoms with E-state index < -0.39 is 0 Å². The van der Waals surface area contributed by atoms with Crippen LogP contribution in [0.2, 0.25) is 0 Å². The molecular formula is C10H9N3OS. The molecule has 0 saturated heterocycles. The van der Waals surface area contributed by atoms with Gasteiger partial charge in [0.05, 0.1) is 21.1 Å². The standard InChI is InChI=1S/C10H9N3OS/c1-6(14)10-7(11)4-9(15-10)8-2-3-12-5-13-8/h2-5H,11H2,1H3. The van der Waals surface area contributed by atoms with Crippen molar-refractivity contribution in [2.24, 2.45) is 0 Å². The van der Waals surface area contributed by atoms with Gasteiger partial charge >= 0.3 is 0 Å². The van der Waals surface area contributed by atoms with Gasteiger partial charge in [0.25, 0.3) is 0 Å². The zero-order valence-corrected chi connectivity index (χ0v) is 8.91. The Bertz CT molecular complexity index is 493. The van der Waals surface area contributed by atoms with Crippen LogP contribution in [0.4, 0.5) is 5.69 Å². The molecule has 5 heteroatoms. The van der Waals surface area contributed by atoms with E-state index in [1.807, 2.05) is 0 Å². The highest BCUT2D eigenvalue weighted by Crippen LogP contribution is 2.31. The number of nitrogens with zero attached hydrogens (tertiary/aromatic N) is 2. The van der Waals surface area contributed by atoms with Gasteiger partial charge in [0.1, 0.15) is 6.33 Å². The van der Waals surface area contributed by atoms with E-state index in [0.29, 0.717) is 10.6 Å². The minimum absolute atomic E-state index is 0.0159. The molecule has 2 heterocycles. The quantitative estimate of drug-likeness (QED) is 0.784. The molecule has 0 aliphatic heterocycles. The van der Waals surface area contributed by atoms with E-state index in [0.717, 1.165) is 10.6 Å². The zero-order chi connectivity index (χ0) is 10.8. The first-order chi connectivity index (χ1) is 7.18. The fourth-order valence-electron chi connectivity index (χ4n) is 1.24. The fraction of sp³-hybridized carbons (Fsp3) is 0.100. The van der Waals surface area contributed by atoms with Crippen LogP contribution in [0.25, 0.3) is 10.6 Å². The van der Waals surface area contributed by atoms with E-state index in [1.165, 1.54) is 24.6 Å². The molecule has 2 aromatic heterocycles. The third kappa shape index (κ3) is 1.87. The summed E-state index contributed by atoms with van der Waals surface area (Å²) in [6.07, 6.45) is 3.13. The van der Waals surface area contributed by atoms with Gasteiger partial charge in [0.15, 0.2) is 5.78 Å². The number of nitrogen functional groups attached to an aromatic ring is 1. The number of ketones is 1. The zero-order valence-electron chi connectivity index (χ0n) is 8.10. The Morgan fingerprint density at radius 2 is 2.33 bits per heavy atom. The second-order valence-corrected chi connectivity index (χ2v) is 4.10. The molecule has 2 aromatic rings. The van der Waals surface area contributed by atoms with Crippen molar-refractivity contribution in [3.8, 4) is 10.6 Å². The average Bonchev–Trinajstić information content (AvgIpc) is 2.62. The van der Waals surface area contributed by atoms with Gasteiger partial charge in [-0.3, -0.25) is 4.79 Å². The lowest BCUT2D eigenvalue weighted by Crippen LogP contribution is -1.92. The predicted molar refractivity (Wildman–Crippen MR) is 59.8 cm³/mol. The Hall–Kier alpha value is -1.75. The molecular weight excluding hydrogens is 210 g/mol. The van der Waals surface area contributed by atoms with Crippen LogP contribution in [0.5, 0.6) is 0 Å². The van der Waals surface area contributed by atoms with Crippen LogP contribution >= 0.6 is 11.3 Å². The van der Waals surface area contributed by atoms with Crippen LogP contribution in [0.15, 0.2) is 24.7 Å². The van der Waals surface area contributed by atoms with E-state index in [-0.39, 0.29) is 5.78 Å². The van der Waals surface area contributed by atoms with Gasteiger partial charge in [-0.15, -0.1) is 11.3 Å². The summed E-state index contributed by atoms with van der Waals surface area (Å²) in [6.45, 7) is 1.51. The molecule has 0 radical (unpaired) electrons. The highest BCUT2D eigenvalue weighted by Gasteiger charge is 2.11. The number of rotatable bonds is 2. The molecule has 0 aromatic carbocycles. The maximum Gasteiger partial charge on any atom is 0.171 e. The van der Waals surface area contributed by atoms with Gasteiger partial charge in [0.2, 0.25) is 0 Å². The van der Waals surface area contributed by atoms with Crippen molar-refractivity contribution in [2.75, 3.05) is 5.73 Å². The topological polar surface area (TPSA) is 68.9 Å². The number of anilines is 1. The molecule has 0 bridgehead atoms. The molecule has 2 rings (SSSR count). The summed E-state index contributed by atoms with van der Waals surface area (Å²) >= 11 is 1.36. The molecule has 0 atom stereocenters. The van der Waals surface area contributed by atoms with Gasteiger partial charge in [-0.2, -0.15) is 0 Å². The summed E-state index contributed by atoms with van der Waals surface area (Å²) in [5.74, 6) is -0.0159. The first-order valence-corrected chi connectivity index (χ1v) is 5.17. The molecule has 4 nitrogen and oxygen atoms in total. The number of nitrogens with two attached hydrogens (primary N) is 1. The summed E-state index contributed by atoms with van der Waals surface area (Å²) in [7, 11) is 0. The third-order valence-corrected chi connectivity index (χ3v) is 3.19. The van der Waals surface area contributed by atoms with Crippen molar-refractivity contribution < 1.29 is 4.79 Å². The molecule has 0 aliphatic rings. The maximum atomic E-state index is 11.2. The lowest BCUT2D eigenvalue weighted by atomic mass is 10.3. The molecule has 0 unspecified atom stereocenters. The summed E-state index contributed by atoms with van der Waals surface area (Å²) in [6, 6.07) is 3.55.